The molecule has 22 heavy (non-hydrogen) atoms. The Hall–Kier alpha value is -2.41. The second kappa shape index (κ2) is 5.76. The third-order valence-electron chi connectivity index (χ3n) is 2.90. The van der Waals surface area contributed by atoms with Crippen LogP contribution in [0.3, 0.4) is 0 Å². The Morgan fingerprint density at radius 2 is 1.73 bits per heavy atom. The molecule has 112 valence electrons. The van der Waals surface area contributed by atoms with Crippen LogP contribution in [0.1, 0.15) is 5.56 Å². The second-order valence-electron chi connectivity index (χ2n) is 4.41. The molecule has 0 saturated carbocycles. The quantitative estimate of drug-likeness (QED) is 0.740. The molecule has 0 radical (unpaired) electrons. The first-order valence-electron chi connectivity index (χ1n) is 6.34. The van der Waals surface area contributed by atoms with Crippen LogP contribution in [0.15, 0.2) is 54.9 Å². The molecule has 0 amide bonds. The van der Waals surface area contributed by atoms with Crippen molar-refractivity contribution in [3.8, 4) is 10.4 Å². The summed E-state index contributed by atoms with van der Waals surface area (Å²) in [7, 11) is 0. The predicted molar refractivity (Wildman–Crippen MR) is 80.1 cm³/mol. The molecular formula is C15H10F3N3S. The summed E-state index contributed by atoms with van der Waals surface area (Å²) >= 11 is 1.15. The summed E-state index contributed by atoms with van der Waals surface area (Å²) in [6.07, 6.45) is -1.34. The predicted octanol–water partition coefficient (Wildman–Crippen LogP) is 4.97. The second-order valence-corrected chi connectivity index (χ2v) is 5.44. The normalized spacial score (nSPS) is 11.4. The van der Waals surface area contributed by atoms with Gasteiger partial charge >= 0.3 is 6.18 Å². The SMILES string of the molecule is FC(F)(F)c1ccccc1-c1cnc(Nc2ccccn2)s1. The van der Waals surface area contributed by atoms with Gasteiger partial charge in [0.2, 0.25) is 0 Å². The first-order valence-corrected chi connectivity index (χ1v) is 7.16. The van der Waals surface area contributed by atoms with Crippen molar-refractivity contribution in [2.24, 2.45) is 0 Å². The number of hydrogen-bond donors (Lipinski definition) is 1. The number of anilines is 2. The van der Waals surface area contributed by atoms with E-state index in [1.54, 1.807) is 24.4 Å². The zero-order valence-corrected chi connectivity index (χ0v) is 11.9. The van der Waals surface area contributed by atoms with Gasteiger partial charge < -0.3 is 5.32 Å². The van der Waals surface area contributed by atoms with Crippen LogP contribution in [0.2, 0.25) is 0 Å². The average molecular weight is 321 g/mol. The van der Waals surface area contributed by atoms with E-state index < -0.39 is 11.7 Å². The molecule has 0 bridgehead atoms. The molecule has 1 aromatic carbocycles. The number of thiazole rings is 1. The maximum absolute atomic E-state index is 13.0. The number of alkyl halides is 3. The van der Waals surface area contributed by atoms with Gasteiger partial charge in [-0.15, -0.1) is 0 Å². The van der Waals surface area contributed by atoms with E-state index in [1.807, 2.05) is 6.07 Å². The molecule has 1 N–H and O–H groups in total. The lowest BCUT2D eigenvalue weighted by atomic mass is 10.1. The molecule has 2 aromatic heterocycles. The fourth-order valence-electron chi connectivity index (χ4n) is 1.95. The molecule has 0 aliphatic rings. The molecule has 3 nitrogen and oxygen atoms in total. The number of nitrogens with one attached hydrogen (secondary N) is 1. The molecule has 0 aliphatic heterocycles. The Bertz CT molecular complexity index is 769. The number of nitrogens with zero attached hydrogens (tertiary/aromatic N) is 2. The Labute approximate surface area is 128 Å². The van der Waals surface area contributed by atoms with Crippen molar-refractivity contribution < 1.29 is 13.2 Å². The highest BCUT2D eigenvalue weighted by Gasteiger charge is 2.33. The molecule has 0 aliphatic carbocycles. The zero-order chi connectivity index (χ0) is 15.6. The van der Waals surface area contributed by atoms with Crippen LogP contribution in [-0.2, 0) is 6.18 Å². The summed E-state index contributed by atoms with van der Waals surface area (Å²) in [6, 6.07) is 10.8. The summed E-state index contributed by atoms with van der Waals surface area (Å²) in [6.45, 7) is 0. The Morgan fingerprint density at radius 3 is 2.45 bits per heavy atom. The van der Waals surface area contributed by atoms with Crippen molar-refractivity contribution in [1.82, 2.24) is 9.97 Å². The monoisotopic (exact) mass is 321 g/mol. The number of benzene rings is 1. The maximum atomic E-state index is 13.0. The van der Waals surface area contributed by atoms with E-state index in [0.29, 0.717) is 15.8 Å². The lowest BCUT2D eigenvalue weighted by Gasteiger charge is -2.10. The topological polar surface area (TPSA) is 37.8 Å². The molecule has 3 rings (SSSR count). The fraction of sp³-hybridized carbons (Fsp3) is 0.0667. The molecule has 0 saturated heterocycles. The van der Waals surface area contributed by atoms with Crippen molar-refractivity contribution in [1.29, 1.82) is 0 Å². The van der Waals surface area contributed by atoms with E-state index in [4.69, 9.17) is 0 Å². The highest BCUT2D eigenvalue weighted by atomic mass is 32.1. The minimum atomic E-state index is -4.39. The van der Waals surface area contributed by atoms with Crippen LogP contribution in [0.25, 0.3) is 10.4 Å². The molecule has 3 aromatic rings. The summed E-state index contributed by atoms with van der Waals surface area (Å²) < 4.78 is 39.1. The highest BCUT2D eigenvalue weighted by Crippen LogP contribution is 2.39. The number of pyridine rings is 1. The molecule has 7 heteroatoms. The van der Waals surface area contributed by atoms with Crippen LogP contribution in [0.5, 0.6) is 0 Å². The standard InChI is InChI=1S/C15H10F3N3S/c16-15(17,18)11-6-2-1-5-10(11)12-9-20-14(22-12)21-13-7-3-4-8-19-13/h1-9H,(H,19,20,21). The van der Waals surface area contributed by atoms with Crippen LogP contribution in [-0.4, -0.2) is 9.97 Å². The Balaban J connectivity index is 1.92. The number of halogens is 3. The van der Waals surface area contributed by atoms with Crippen molar-refractivity contribution in [2.45, 2.75) is 6.18 Å². The van der Waals surface area contributed by atoms with Gasteiger partial charge in [0, 0.05) is 18.0 Å². The molecule has 0 fully saturated rings. The van der Waals surface area contributed by atoms with Gasteiger partial charge in [-0.05, 0) is 18.2 Å². The van der Waals surface area contributed by atoms with Gasteiger partial charge in [0.25, 0.3) is 0 Å². The van der Waals surface area contributed by atoms with E-state index in [2.05, 4.69) is 15.3 Å². The molecule has 2 heterocycles. The zero-order valence-electron chi connectivity index (χ0n) is 11.1. The van der Waals surface area contributed by atoms with Gasteiger partial charge in [-0.25, -0.2) is 9.97 Å². The fourth-order valence-corrected chi connectivity index (χ4v) is 2.81. The molecule has 0 unspecified atom stereocenters. The highest BCUT2D eigenvalue weighted by molar-refractivity contribution is 7.19. The van der Waals surface area contributed by atoms with E-state index in [0.717, 1.165) is 17.4 Å². The number of hydrogen-bond acceptors (Lipinski definition) is 4. The smallest absolute Gasteiger partial charge is 0.316 e. The molecular weight excluding hydrogens is 311 g/mol. The summed E-state index contributed by atoms with van der Waals surface area (Å²) in [5.74, 6) is 0.590. The molecule has 0 spiro atoms. The lowest BCUT2D eigenvalue weighted by Crippen LogP contribution is -2.06. The summed E-state index contributed by atoms with van der Waals surface area (Å²) in [5, 5.41) is 3.46. The van der Waals surface area contributed by atoms with Gasteiger partial charge in [0.15, 0.2) is 5.13 Å². The van der Waals surface area contributed by atoms with E-state index >= 15 is 0 Å². The van der Waals surface area contributed by atoms with Crippen molar-refractivity contribution in [3.05, 3.63) is 60.4 Å². The first kappa shape index (κ1) is 14.5. The summed E-state index contributed by atoms with van der Waals surface area (Å²) in [5.41, 5.74) is -0.537. The van der Waals surface area contributed by atoms with E-state index in [9.17, 15) is 13.2 Å². The van der Waals surface area contributed by atoms with Crippen molar-refractivity contribution in [3.63, 3.8) is 0 Å². The maximum Gasteiger partial charge on any atom is 0.417 e. The molecule has 0 atom stereocenters. The Kier molecular flexibility index (Phi) is 3.81. The van der Waals surface area contributed by atoms with E-state index in [1.165, 1.54) is 18.3 Å². The van der Waals surface area contributed by atoms with Crippen LogP contribution < -0.4 is 5.32 Å². The van der Waals surface area contributed by atoms with Gasteiger partial charge in [-0.3, -0.25) is 0 Å². The van der Waals surface area contributed by atoms with Gasteiger partial charge in [0.1, 0.15) is 5.82 Å². The minimum Gasteiger partial charge on any atom is -0.316 e. The van der Waals surface area contributed by atoms with Crippen molar-refractivity contribution >= 4 is 22.3 Å². The third kappa shape index (κ3) is 3.09. The van der Waals surface area contributed by atoms with E-state index in [-0.39, 0.29) is 5.56 Å². The number of rotatable bonds is 3. The van der Waals surface area contributed by atoms with Crippen LogP contribution in [0, 0.1) is 0 Å². The van der Waals surface area contributed by atoms with Crippen molar-refractivity contribution in [2.75, 3.05) is 5.32 Å². The van der Waals surface area contributed by atoms with Gasteiger partial charge in [0.05, 0.1) is 10.4 Å². The van der Waals surface area contributed by atoms with Gasteiger partial charge in [-0.1, -0.05) is 35.6 Å². The lowest BCUT2D eigenvalue weighted by molar-refractivity contribution is -0.137. The largest absolute Gasteiger partial charge is 0.417 e. The number of aromatic nitrogens is 2. The van der Waals surface area contributed by atoms with Crippen LogP contribution >= 0.6 is 11.3 Å². The summed E-state index contributed by atoms with van der Waals surface area (Å²) in [4.78, 5) is 8.65. The first-order chi connectivity index (χ1) is 10.5. The third-order valence-corrected chi connectivity index (χ3v) is 3.85. The van der Waals surface area contributed by atoms with Crippen LogP contribution in [0.4, 0.5) is 24.1 Å². The average Bonchev–Trinajstić information content (AvgIpc) is 2.96. The minimum absolute atomic E-state index is 0.126. The van der Waals surface area contributed by atoms with Gasteiger partial charge in [-0.2, -0.15) is 13.2 Å². The Morgan fingerprint density at radius 1 is 0.955 bits per heavy atom.